The van der Waals surface area contributed by atoms with E-state index < -0.39 is 0 Å². The molecule has 21 heavy (non-hydrogen) atoms. The number of fused-ring (bicyclic) bond motifs is 1. The van der Waals surface area contributed by atoms with Crippen molar-refractivity contribution in [2.75, 3.05) is 20.3 Å². The summed E-state index contributed by atoms with van der Waals surface area (Å²) in [6.07, 6.45) is 2.19. The van der Waals surface area contributed by atoms with Crippen LogP contribution in [0.3, 0.4) is 0 Å². The SMILES string of the molecule is COc1ccc2c(c1)nc(CCl)n2C(C)C1CCOCC1. The summed E-state index contributed by atoms with van der Waals surface area (Å²) < 4.78 is 13.0. The molecule has 0 N–H and O–H groups in total. The standard InChI is InChI=1S/C16H21ClN2O2/c1-11(12-5-7-21-8-6-12)19-15-4-3-13(20-2)9-14(15)18-16(19)10-17/h3-4,9,11-12H,5-8,10H2,1-2H3. The zero-order chi connectivity index (χ0) is 14.8. The van der Waals surface area contributed by atoms with Gasteiger partial charge in [-0.25, -0.2) is 4.98 Å². The topological polar surface area (TPSA) is 36.3 Å². The molecule has 1 aromatic heterocycles. The van der Waals surface area contributed by atoms with Crippen molar-refractivity contribution >= 4 is 22.6 Å². The molecule has 4 nitrogen and oxygen atoms in total. The lowest BCUT2D eigenvalue weighted by Gasteiger charge is -2.30. The van der Waals surface area contributed by atoms with E-state index in [1.54, 1.807) is 7.11 Å². The number of aromatic nitrogens is 2. The minimum Gasteiger partial charge on any atom is -0.497 e. The fraction of sp³-hybridized carbons (Fsp3) is 0.562. The molecule has 114 valence electrons. The molecule has 2 heterocycles. The lowest BCUT2D eigenvalue weighted by Crippen LogP contribution is -2.25. The lowest BCUT2D eigenvalue weighted by atomic mass is 9.92. The number of hydrogen-bond acceptors (Lipinski definition) is 3. The van der Waals surface area contributed by atoms with Gasteiger partial charge in [-0.05, 0) is 37.8 Å². The Balaban J connectivity index is 2.02. The summed E-state index contributed by atoms with van der Waals surface area (Å²) in [6, 6.07) is 6.40. The minimum atomic E-state index is 0.376. The van der Waals surface area contributed by atoms with Crippen molar-refractivity contribution in [1.29, 1.82) is 0 Å². The van der Waals surface area contributed by atoms with Crippen molar-refractivity contribution in [1.82, 2.24) is 9.55 Å². The van der Waals surface area contributed by atoms with Crippen LogP contribution in [-0.2, 0) is 10.6 Å². The van der Waals surface area contributed by atoms with E-state index in [2.05, 4.69) is 22.5 Å². The number of alkyl halides is 1. The molecule has 1 aliphatic rings. The fourth-order valence-electron chi connectivity index (χ4n) is 3.21. The fourth-order valence-corrected chi connectivity index (χ4v) is 3.40. The van der Waals surface area contributed by atoms with Gasteiger partial charge < -0.3 is 14.0 Å². The van der Waals surface area contributed by atoms with Gasteiger partial charge in [0.05, 0.1) is 24.0 Å². The van der Waals surface area contributed by atoms with Crippen molar-refractivity contribution in [3.05, 3.63) is 24.0 Å². The zero-order valence-electron chi connectivity index (χ0n) is 12.5. The second-order valence-corrected chi connectivity index (χ2v) is 5.84. The Hall–Kier alpha value is -1.26. The molecule has 1 unspecified atom stereocenters. The number of methoxy groups -OCH3 is 1. The highest BCUT2D eigenvalue weighted by Gasteiger charge is 2.25. The first-order chi connectivity index (χ1) is 10.2. The lowest BCUT2D eigenvalue weighted by molar-refractivity contribution is 0.0516. The minimum absolute atomic E-state index is 0.376. The van der Waals surface area contributed by atoms with Crippen LogP contribution in [0.4, 0.5) is 0 Å². The van der Waals surface area contributed by atoms with Gasteiger partial charge in [-0.1, -0.05) is 0 Å². The van der Waals surface area contributed by atoms with Gasteiger partial charge in [0.15, 0.2) is 0 Å². The molecule has 0 saturated carbocycles. The van der Waals surface area contributed by atoms with E-state index in [9.17, 15) is 0 Å². The number of hydrogen-bond donors (Lipinski definition) is 0. The van der Waals surface area contributed by atoms with Crippen LogP contribution in [-0.4, -0.2) is 29.9 Å². The van der Waals surface area contributed by atoms with E-state index in [-0.39, 0.29) is 0 Å². The number of benzene rings is 1. The van der Waals surface area contributed by atoms with Gasteiger partial charge in [-0.3, -0.25) is 0 Å². The van der Waals surface area contributed by atoms with Gasteiger partial charge in [0.25, 0.3) is 0 Å². The Morgan fingerprint density at radius 3 is 2.86 bits per heavy atom. The second-order valence-electron chi connectivity index (χ2n) is 5.58. The molecule has 1 aliphatic heterocycles. The Morgan fingerprint density at radius 2 is 2.19 bits per heavy atom. The molecule has 0 radical (unpaired) electrons. The van der Waals surface area contributed by atoms with E-state index >= 15 is 0 Å². The monoisotopic (exact) mass is 308 g/mol. The predicted molar refractivity (Wildman–Crippen MR) is 84.1 cm³/mol. The van der Waals surface area contributed by atoms with Crippen molar-refractivity contribution < 1.29 is 9.47 Å². The first-order valence-corrected chi connectivity index (χ1v) is 7.96. The van der Waals surface area contributed by atoms with Crippen molar-refractivity contribution in [2.24, 2.45) is 5.92 Å². The van der Waals surface area contributed by atoms with Gasteiger partial charge in [-0.2, -0.15) is 0 Å². The average molecular weight is 309 g/mol. The maximum absolute atomic E-state index is 6.12. The van der Waals surface area contributed by atoms with Crippen LogP contribution in [0.15, 0.2) is 18.2 Å². The molecular formula is C16H21ClN2O2. The summed E-state index contributed by atoms with van der Waals surface area (Å²) in [4.78, 5) is 4.68. The van der Waals surface area contributed by atoms with E-state index in [1.165, 1.54) is 0 Å². The Kier molecular flexibility index (Phi) is 4.36. The molecule has 1 aromatic carbocycles. The molecule has 5 heteroatoms. The van der Waals surface area contributed by atoms with Crippen LogP contribution >= 0.6 is 11.6 Å². The summed E-state index contributed by atoms with van der Waals surface area (Å²) in [5, 5.41) is 0. The van der Waals surface area contributed by atoms with Crippen LogP contribution in [0.1, 0.15) is 31.6 Å². The third-order valence-corrected chi connectivity index (χ3v) is 4.68. The molecule has 2 aromatic rings. The number of imidazole rings is 1. The predicted octanol–water partition coefficient (Wildman–Crippen LogP) is 3.77. The van der Waals surface area contributed by atoms with Crippen LogP contribution in [0.5, 0.6) is 5.75 Å². The molecule has 0 amide bonds. The molecular weight excluding hydrogens is 288 g/mol. The van der Waals surface area contributed by atoms with Crippen molar-refractivity contribution in [3.8, 4) is 5.75 Å². The maximum Gasteiger partial charge on any atom is 0.125 e. The summed E-state index contributed by atoms with van der Waals surface area (Å²) in [5.74, 6) is 2.79. The summed E-state index contributed by atoms with van der Waals surface area (Å²) in [7, 11) is 1.67. The number of ether oxygens (including phenoxy) is 2. The highest BCUT2D eigenvalue weighted by atomic mass is 35.5. The molecule has 0 bridgehead atoms. The van der Waals surface area contributed by atoms with Crippen LogP contribution in [0.2, 0.25) is 0 Å². The zero-order valence-corrected chi connectivity index (χ0v) is 13.3. The number of nitrogens with zero attached hydrogens (tertiary/aromatic N) is 2. The van der Waals surface area contributed by atoms with Gasteiger partial charge in [0.1, 0.15) is 11.6 Å². The van der Waals surface area contributed by atoms with Gasteiger partial charge in [-0.15, -0.1) is 11.6 Å². The van der Waals surface area contributed by atoms with Crippen LogP contribution in [0.25, 0.3) is 11.0 Å². The van der Waals surface area contributed by atoms with Crippen LogP contribution < -0.4 is 4.74 Å². The molecule has 1 atom stereocenters. The Morgan fingerprint density at radius 1 is 1.43 bits per heavy atom. The third-order valence-electron chi connectivity index (χ3n) is 4.44. The summed E-state index contributed by atoms with van der Waals surface area (Å²) in [6.45, 7) is 3.97. The van der Waals surface area contributed by atoms with E-state index in [0.29, 0.717) is 17.8 Å². The molecule has 1 fully saturated rings. The first kappa shape index (κ1) is 14.7. The van der Waals surface area contributed by atoms with Gasteiger partial charge in [0, 0.05) is 25.3 Å². The Bertz CT molecular complexity index is 620. The Labute approximate surface area is 130 Å². The van der Waals surface area contributed by atoms with Crippen molar-refractivity contribution in [3.63, 3.8) is 0 Å². The second kappa shape index (κ2) is 6.24. The van der Waals surface area contributed by atoms with E-state index in [0.717, 1.165) is 48.7 Å². The largest absolute Gasteiger partial charge is 0.497 e. The summed E-state index contributed by atoms with van der Waals surface area (Å²) >= 11 is 6.12. The normalized spacial score (nSPS) is 18.0. The van der Waals surface area contributed by atoms with Crippen LogP contribution in [0, 0.1) is 5.92 Å². The smallest absolute Gasteiger partial charge is 0.125 e. The third kappa shape index (κ3) is 2.74. The highest BCUT2D eigenvalue weighted by molar-refractivity contribution is 6.16. The molecule has 1 saturated heterocycles. The van der Waals surface area contributed by atoms with Gasteiger partial charge in [0.2, 0.25) is 0 Å². The van der Waals surface area contributed by atoms with E-state index in [1.807, 2.05) is 12.1 Å². The maximum atomic E-state index is 6.12. The number of rotatable bonds is 4. The first-order valence-electron chi connectivity index (χ1n) is 7.43. The molecule has 3 rings (SSSR count). The molecule has 0 aliphatic carbocycles. The number of halogens is 1. The van der Waals surface area contributed by atoms with Crippen molar-refractivity contribution in [2.45, 2.75) is 31.7 Å². The highest BCUT2D eigenvalue weighted by Crippen LogP contribution is 2.33. The average Bonchev–Trinajstić information content (AvgIpc) is 2.92. The quantitative estimate of drug-likeness (QED) is 0.807. The van der Waals surface area contributed by atoms with Gasteiger partial charge >= 0.3 is 0 Å². The van der Waals surface area contributed by atoms with E-state index in [4.69, 9.17) is 21.1 Å². The summed E-state index contributed by atoms with van der Waals surface area (Å²) in [5.41, 5.74) is 2.08. The molecule has 0 spiro atoms.